The van der Waals surface area contributed by atoms with Gasteiger partial charge < -0.3 is 0 Å². The Labute approximate surface area is 107 Å². The second-order valence-corrected chi connectivity index (χ2v) is 5.11. The molecule has 1 fully saturated rings. The molecule has 1 saturated carbocycles. The zero-order chi connectivity index (χ0) is 13.4. The molecular weight excluding hydrogens is 236 g/mol. The van der Waals surface area contributed by atoms with Gasteiger partial charge in [-0.2, -0.15) is 0 Å². The summed E-state index contributed by atoms with van der Waals surface area (Å²) in [5.41, 5.74) is 0. The van der Waals surface area contributed by atoms with E-state index in [9.17, 15) is 20.2 Å². The van der Waals surface area contributed by atoms with Crippen LogP contribution in [0.15, 0.2) is 0 Å². The second kappa shape index (κ2) is 8.00. The van der Waals surface area contributed by atoms with Crippen LogP contribution < -0.4 is 0 Å². The molecule has 1 rings (SSSR count). The summed E-state index contributed by atoms with van der Waals surface area (Å²) in [7, 11) is 0. The standard InChI is InChI=1S/C12H22N2O4/c15-13(16)11-9-7-5-3-1-2-4-6-8-10-12(11)14(17)18/h11-12H,1-10H2/t11-,12-/m0/s1. The topological polar surface area (TPSA) is 86.3 Å². The Hall–Kier alpha value is -1.20. The molecule has 0 heterocycles. The third-order valence-electron chi connectivity index (χ3n) is 3.74. The molecular formula is C12H22N2O4. The van der Waals surface area contributed by atoms with Gasteiger partial charge in [0.05, 0.1) is 0 Å². The molecule has 6 nitrogen and oxygen atoms in total. The van der Waals surface area contributed by atoms with Gasteiger partial charge in [0.1, 0.15) is 0 Å². The summed E-state index contributed by atoms with van der Waals surface area (Å²) in [6, 6.07) is -2.00. The fourth-order valence-corrected chi connectivity index (χ4v) is 2.64. The van der Waals surface area contributed by atoms with Gasteiger partial charge in [-0.1, -0.05) is 38.5 Å². The van der Waals surface area contributed by atoms with E-state index in [4.69, 9.17) is 0 Å². The van der Waals surface area contributed by atoms with Crippen molar-refractivity contribution in [1.82, 2.24) is 0 Å². The Morgan fingerprint density at radius 3 is 1.17 bits per heavy atom. The quantitative estimate of drug-likeness (QED) is 0.562. The highest BCUT2D eigenvalue weighted by atomic mass is 16.6. The van der Waals surface area contributed by atoms with Gasteiger partial charge in [0.25, 0.3) is 12.1 Å². The molecule has 1 aliphatic rings. The number of nitrogens with zero attached hydrogens (tertiary/aromatic N) is 2. The van der Waals surface area contributed by atoms with Crippen LogP contribution in [0.1, 0.15) is 64.2 Å². The summed E-state index contributed by atoms with van der Waals surface area (Å²) in [5.74, 6) is 0. The van der Waals surface area contributed by atoms with Crippen LogP contribution in [0.5, 0.6) is 0 Å². The fourth-order valence-electron chi connectivity index (χ4n) is 2.64. The SMILES string of the molecule is O=[N+]([O-])[C@H]1CCCCCCCCCC[C@@H]1[N+](=O)[O-]. The molecule has 0 N–H and O–H groups in total. The van der Waals surface area contributed by atoms with Gasteiger partial charge in [-0.15, -0.1) is 0 Å². The van der Waals surface area contributed by atoms with Crippen molar-refractivity contribution in [3.8, 4) is 0 Å². The molecule has 0 aromatic carbocycles. The van der Waals surface area contributed by atoms with Crippen LogP contribution in [0, 0.1) is 20.2 Å². The fraction of sp³-hybridized carbons (Fsp3) is 1.00. The molecule has 0 spiro atoms. The van der Waals surface area contributed by atoms with Gasteiger partial charge in [-0.25, -0.2) is 0 Å². The molecule has 0 aromatic rings. The highest BCUT2D eigenvalue weighted by molar-refractivity contribution is 4.70. The van der Waals surface area contributed by atoms with E-state index >= 15 is 0 Å². The minimum atomic E-state index is -1.00. The Bertz CT molecular complexity index is 255. The van der Waals surface area contributed by atoms with E-state index in [1.165, 1.54) is 12.8 Å². The van der Waals surface area contributed by atoms with Crippen LogP contribution in [0.3, 0.4) is 0 Å². The molecule has 0 radical (unpaired) electrons. The first-order valence-electron chi connectivity index (χ1n) is 6.90. The van der Waals surface area contributed by atoms with E-state index in [1.54, 1.807) is 0 Å². The average Bonchev–Trinajstić information content (AvgIpc) is 2.28. The van der Waals surface area contributed by atoms with Crippen LogP contribution in [0.2, 0.25) is 0 Å². The molecule has 1 aliphatic carbocycles. The van der Waals surface area contributed by atoms with Crippen LogP contribution in [0.25, 0.3) is 0 Å². The normalized spacial score (nSPS) is 27.8. The Kier molecular flexibility index (Phi) is 6.60. The molecule has 0 amide bonds. The van der Waals surface area contributed by atoms with Crippen molar-refractivity contribution in [3.63, 3.8) is 0 Å². The maximum absolute atomic E-state index is 11.0. The van der Waals surface area contributed by atoms with E-state index in [1.807, 2.05) is 0 Å². The molecule has 6 heteroatoms. The van der Waals surface area contributed by atoms with Crippen molar-refractivity contribution in [2.45, 2.75) is 76.3 Å². The van der Waals surface area contributed by atoms with Crippen molar-refractivity contribution in [2.24, 2.45) is 0 Å². The van der Waals surface area contributed by atoms with Gasteiger partial charge in [0.15, 0.2) is 0 Å². The predicted molar refractivity (Wildman–Crippen MR) is 67.7 cm³/mol. The van der Waals surface area contributed by atoms with E-state index in [0.717, 1.165) is 38.5 Å². The van der Waals surface area contributed by atoms with Crippen molar-refractivity contribution < 1.29 is 9.85 Å². The summed E-state index contributed by atoms with van der Waals surface area (Å²) >= 11 is 0. The van der Waals surface area contributed by atoms with Gasteiger partial charge in [-0.3, -0.25) is 20.2 Å². The van der Waals surface area contributed by atoms with Crippen LogP contribution in [-0.4, -0.2) is 21.9 Å². The Morgan fingerprint density at radius 2 is 0.889 bits per heavy atom. The van der Waals surface area contributed by atoms with Gasteiger partial charge in [0.2, 0.25) is 0 Å². The van der Waals surface area contributed by atoms with Crippen molar-refractivity contribution in [2.75, 3.05) is 0 Å². The molecule has 104 valence electrons. The number of rotatable bonds is 2. The molecule has 0 aliphatic heterocycles. The highest BCUT2D eigenvalue weighted by Gasteiger charge is 2.39. The lowest BCUT2D eigenvalue weighted by Crippen LogP contribution is -2.39. The molecule has 0 saturated heterocycles. The van der Waals surface area contributed by atoms with Crippen LogP contribution in [-0.2, 0) is 0 Å². The minimum Gasteiger partial charge on any atom is -0.264 e. The monoisotopic (exact) mass is 258 g/mol. The van der Waals surface area contributed by atoms with Crippen LogP contribution in [0.4, 0.5) is 0 Å². The van der Waals surface area contributed by atoms with E-state index in [2.05, 4.69) is 0 Å². The van der Waals surface area contributed by atoms with Gasteiger partial charge >= 0.3 is 0 Å². The van der Waals surface area contributed by atoms with Gasteiger partial charge in [0, 0.05) is 22.7 Å². The van der Waals surface area contributed by atoms with Gasteiger partial charge in [-0.05, 0) is 12.8 Å². The lowest BCUT2D eigenvalue weighted by Gasteiger charge is -2.15. The summed E-state index contributed by atoms with van der Waals surface area (Å²) < 4.78 is 0. The smallest absolute Gasteiger partial charge is 0.264 e. The second-order valence-electron chi connectivity index (χ2n) is 5.11. The number of hydrogen-bond donors (Lipinski definition) is 0. The van der Waals surface area contributed by atoms with Crippen molar-refractivity contribution in [1.29, 1.82) is 0 Å². The Balaban J connectivity index is 2.64. The molecule has 0 aromatic heterocycles. The van der Waals surface area contributed by atoms with E-state index in [-0.39, 0.29) is 0 Å². The lowest BCUT2D eigenvalue weighted by molar-refractivity contribution is -0.618. The minimum absolute atomic E-state index is 0.346. The third kappa shape index (κ3) is 4.98. The summed E-state index contributed by atoms with van der Waals surface area (Å²) in [6.45, 7) is 0. The van der Waals surface area contributed by atoms with Crippen molar-refractivity contribution in [3.05, 3.63) is 20.2 Å². The maximum Gasteiger partial charge on any atom is 0.279 e. The number of nitro groups is 2. The summed E-state index contributed by atoms with van der Waals surface area (Å²) in [5, 5.41) is 22.0. The molecule has 0 bridgehead atoms. The maximum atomic E-state index is 11.0. The molecule has 18 heavy (non-hydrogen) atoms. The average molecular weight is 258 g/mol. The third-order valence-corrected chi connectivity index (χ3v) is 3.74. The zero-order valence-corrected chi connectivity index (χ0v) is 10.8. The van der Waals surface area contributed by atoms with Crippen molar-refractivity contribution >= 4 is 0 Å². The predicted octanol–water partition coefficient (Wildman–Crippen LogP) is 3.19. The van der Waals surface area contributed by atoms with E-state index in [0.29, 0.717) is 12.8 Å². The molecule has 2 atom stereocenters. The largest absolute Gasteiger partial charge is 0.279 e. The molecule has 0 unspecified atom stereocenters. The van der Waals surface area contributed by atoms with Crippen LogP contribution >= 0.6 is 0 Å². The highest BCUT2D eigenvalue weighted by Crippen LogP contribution is 2.20. The summed E-state index contributed by atoms with van der Waals surface area (Å²) in [6.07, 6.45) is 8.61. The lowest BCUT2D eigenvalue weighted by atomic mass is 9.95. The first kappa shape index (κ1) is 14.9. The zero-order valence-electron chi connectivity index (χ0n) is 10.8. The summed E-state index contributed by atoms with van der Waals surface area (Å²) in [4.78, 5) is 21.1. The van der Waals surface area contributed by atoms with E-state index < -0.39 is 21.9 Å². The number of hydrogen-bond acceptors (Lipinski definition) is 4. The first-order chi connectivity index (χ1) is 8.63. The first-order valence-corrected chi connectivity index (χ1v) is 6.90. The Morgan fingerprint density at radius 1 is 0.611 bits per heavy atom.